The molecule has 0 nitrogen and oxygen atoms in total. The van der Waals surface area contributed by atoms with Crippen LogP contribution in [0.15, 0.2) is 10.1 Å². The van der Waals surface area contributed by atoms with Gasteiger partial charge in [0.1, 0.15) is 0 Å². The molecular formula is C6H11Sb. The summed E-state index contributed by atoms with van der Waals surface area (Å²) in [5.74, 6) is 0. The zero-order valence-electron chi connectivity index (χ0n) is 4.72. The molecule has 0 amide bonds. The predicted octanol–water partition coefficient (Wildman–Crippen LogP) is 1.86. The van der Waals surface area contributed by atoms with Gasteiger partial charge in [0.2, 0.25) is 0 Å². The fourth-order valence-electron chi connectivity index (χ4n) is 0.397. The SMILES string of the molecule is CCCC/C=[CH]/[Sb]. The molecule has 2 radical (unpaired) electrons. The van der Waals surface area contributed by atoms with Gasteiger partial charge in [0.25, 0.3) is 0 Å². The van der Waals surface area contributed by atoms with Crippen molar-refractivity contribution in [2.45, 2.75) is 26.2 Å². The van der Waals surface area contributed by atoms with Crippen LogP contribution in [-0.4, -0.2) is 23.0 Å². The van der Waals surface area contributed by atoms with Gasteiger partial charge in [0.05, 0.1) is 0 Å². The van der Waals surface area contributed by atoms with E-state index < -0.39 is 0 Å². The maximum absolute atomic E-state index is 2.23. The Balaban J connectivity index is 2.69. The quantitative estimate of drug-likeness (QED) is 0.487. The number of allylic oxidation sites excluding steroid dienone is 1. The Hall–Kier alpha value is 0.558. The number of unbranched alkanes of at least 4 members (excludes halogenated alkanes) is 2. The van der Waals surface area contributed by atoms with Crippen molar-refractivity contribution < 1.29 is 0 Å². The van der Waals surface area contributed by atoms with Crippen LogP contribution in [-0.2, 0) is 0 Å². The molecule has 0 aliphatic carbocycles. The molecule has 40 valence electrons. The molecule has 0 fully saturated rings. The molecule has 0 rings (SSSR count). The molecule has 0 aromatic rings. The molecule has 0 saturated heterocycles. The van der Waals surface area contributed by atoms with Crippen LogP contribution in [0, 0.1) is 0 Å². The molecule has 0 unspecified atom stereocenters. The minimum atomic E-state index is 1.27. The number of hydrogen-bond acceptors (Lipinski definition) is 0. The third-order valence-electron chi connectivity index (χ3n) is 0.830. The van der Waals surface area contributed by atoms with Crippen molar-refractivity contribution >= 4 is 23.0 Å². The van der Waals surface area contributed by atoms with Gasteiger partial charge in [-0.1, -0.05) is 0 Å². The molecule has 0 bridgehead atoms. The van der Waals surface area contributed by atoms with Crippen LogP contribution >= 0.6 is 0 Å². The molecule has 0 spiro atoms. The van der Waals surface area contributed by atoms with Crippen LogP contribution in [0.2, 0.25) is 0 Å². The Morgan fingerprint density at radius 3 is 2.71 bits per heavy atom. The van der Waals surface area contributed by atoms with Crippen molar-refractivity contribution in [3.05, 3.63) is 10.1 Å². The minimum absolute atomic E-state index is 1.27. The number of rotatable bonds is 3. The Kier molecular flexibility index (Phi) is 7.08. The summed E-state index contributed by atoms with van der Waals surface area (Å²) < 4.78 is 2.16. The normalized spacial score (nSPS) is 10.6. The standard InChI is InChI=1S/C6H11.Sb/c1-3-5-6-4-2;/h1,3H,4-6H2,2H3;. The van der Waals surface area contributed by atoms with Gasteiger partial charge in [-0.3, -0.25) is 0 Å². The Morgan fingerprint density at radius 1 is 1.57 bits per heavy atom. The van der Waals surface area contributed by atoms with Crippen molar-refractivity contribution in [2.75, 3.05) is 0 Å². The van der Waals surface area contributed by atoms with Crippen LogP contribution in [0.4, 0.5) is 0 Å². The summed E-state index contributed by atoms with van der Waals surface area (Å²) in [6.45, 7) is 2.22. The molecule has 0 atom stereocenters. The average molecular weight is 205 g/mol. The van der Waals surface area contributed by atoms with E-state index >= 15 is 0 Å². The van der Waals surface area contributed by atoms with E-state index in [2.05, 4.69) is 17.0 Å². The maximum atomic E-state index is 2.23. The van der Waals surface area contributed by atoms with Crippen LogP contribution in [0.1, 0.15) is 26.2 Å². The van der Waals surface area contributed by atoms with Crippen molar-refractivity contribution in [3.63, 3.8) is 0 Å². The van der Waals surface area contributed by atoms with Gasteiger partial charge in [0, 0.05) is 0 Å². The summed E-state index contributed by atoms with van der Waals surface area (Å²) in [5.41, 5.74) is 0. The fraction of sp³-hybridized carbons (Fsp3) is 0.667. The van der Waals surface area contributed by atoms with E-state index in [1.165, 1.54) is 19.3 Å². The van der Waals surface area contributed by atoms with Crippen LogP contribution in [0.5, 0.6) is 0 Å². The molecule has 0 N–H and O–H groups in total. The van der Waals surface area contributed by atoms with E-state index in [0.717, 1.165) is 0 Å². The summed E-state index contributed by atoms with van der Waals surface area (Å²) in [6.07, 6.45) is 6.16. The molecule has 0 aromatic carbocycles. The first-order valence-electron chi connectivity index (χ1n) is 2.71. The Morgan fingerprint density at radius 2 is 2.29 bits per heavy atom. The van der Waals surface area contributed by atoms with Crippen LogP contribution < -0.4 is 0 Å². The molecule has 0 aliphatic rings. The van der Waals surface area contributed by atoms with E-state index in [9.17, 15) is 0 Å². The third kappa shape index (κ3) is 6.56. The van der Waals surface area contributed by atoms with Gasteiger partial charge in [-0.15, -0.1) is 0 Å². The third-order valence-corrected chi connectivity index (χ3v) is 1.43. The second-order valence-electron chi connectivity index (χ2n) is 1.53. The van der Waals surface area contributed by atoms with Gasteiger partial charge in [-0.05, 0) is 0 Å². The van der Waals surface area contributed by atoms with Crippen molar-refractivity contribution in [1.82, 2.24) is 0 Å². The van der Waals surface area contributed by atoms with Gasteiger partial charge >= 0.3 is 59.3 Å². The van der Waals surface area contributed by atoms with Crippen LogP contribution in [0.25, 0.3) is 0 Å². The zero-order valence-corrected chi connectivity index (χ0v) is 7.28. The topological polar surface area (TPSA) is 0 Å². The van der Waals surface area contributed by atoms with Gasteiger partial charge in [-0.25, -0.2) is 0 Å². The molecule has 7 heavy (non-hydrogen) atoms. The molecule has 0 aromatic heterocycles. The summed E-state index contributed by atoms with van der Waals surface area (Å²) in [6, 6.07) is 0. The monoisotopic (exact) mass is 204 g/mol. The average Bonchev–Trinajstić information content (AvgIpc) is 1.69. The van der Waals surface area contributed by atoms with E-state index in [-0.39, 0.29) is 0 Å². The van der Waals surface area contributed by atoms with Crippen molar-refractivity contribution in [1.29, 1.82) is 0 Å². The van der Waals surface area contributed by atoms with E-state index in [0.29, 0.717) is 0 Å². The molecule has 0 heterocycles. The van der Waals surface area contributed by atoms with Crippen molar-refractivity contribution in [2.24, 2.45) is 0 Å². The summed E-state index contributed by atoms with van der Waals surface area (Å²) in [7, 11) is 0. The molecular weight excluding hydrogens is 194 g/mol. The van der Waals surface area contributed by atoms with Crippen LogP contribution in [0.3, 0.4) is 0 Å². The first-order valence-corrected chi connectivity index (χ1v) is 4.18. The van der Waals surface area contributed by atoms with E-state index in [1.807, 2.05) is 0 Å². The predicted molar refractivity (Wildman–Crippen MR) is 34.4 cm³/mol. The second kappa shape index (κ2) is 6.56. The first-order chi connectivity index (χ1) is 3.41. The van der Waals surface area contributed by atoms with E-state index in [4.69, 9.17) is 0 Å². The second-order valence-corrected chi connectivity index (χ2v) is 2.38. The summed E-state index contributed by atoms with van der Waals surface area (Å²) in [4.78, 5) is 0. The molecule has 1 heteroatoms. The summed E-state index contributed by atoms with van der Waals surface area (Å²) >= 11 is 1.76. The molecule has 0 aliphatic heterocycles. The van der Waals surface area contributed by atoms with Gasteiger partial charge in [0.15, 0.2) is 0 Å². The van der Waals surface area contributed by atoms with E-state index in [1.54, 1.807) is 23.0 Å². The fourth-order valence-corrected chi connectivity index (χ4v) is 0.822. The number of hydrogen-bond donors (Lipinski definition) is 0. The Bertz CT molecular complexity index is 48.1. The Labute approximate surface area is 59.5 Å². The first kappa shape index (κ1) is 7.56. The van der Waals surface area contributed by atoms with Gasteiger partial charge in [-0.2, -0.15) is 0 Å². The van der Waals surface area contributed by atoms with Gasteiger partial charge < -0.3 is 0 Å². The van der Waals surface area contributed by atoms with Crippen molar-refractivity contribution in [3.8, 4) is 0 Å². The summed E-state index contributed by atoms with van der Waals surface area (Å²) in [5, 5.41) is 0. The molecule has 0 saturated carbocycles. The zero-order chi connectivity index (χ0) is 5.54.